The highest BCUT2D eigenvalue weighted by Crippen LogP contribution is 2.30. The minimum absolute atomic E-state index is 0.000386. The lowest BCUT2D eigenvalue weighted by Gasteiger charge is -2.09. The number of pyridine rings is 1. The molecule has 17 heavy (non-hydrogen) atoms. The molecule has 94 valence electrons. The largest absolute Gasteiger partial charge is 0.466 e. The second kappa shape index (κ2) is 5.77. The Morgan fingerprint density at radius 3 is 2.82 bits per heavy atom. The van der Waals surface area contributed by atoms with Gasteiger partial charge in [-0.2, -0.15) is 0 Å². The van der Waals surface area contributed by atoms with Crippen LogP contribution in [0.1, 0.15) is 24.6 Å². The third-order valence-corrected chi connectivity index (χ3v) is 2.36. The summed E-state index contributed by atoms with van der Waals surface area (Å²) in [4.78, 5) is 15.0. The lowest BCUT2D eigenvalue weighted by molar-refractivity contribution is -0.142. The molecule has 7 heteroatoms. The number of carbonyl (C=O) groups is 1. The zero-order chi connectivity index (χ0) is 13.0. The highest BCUT2D eigenvalue weighted by molar-refractivity contribution is 6.32. The second-order valence-electron chi connectivity index (χ2n) is 3.18. The number of alkyl halides is 2. The van der Waals surface area contributed by atoms with Gasteiger partial charge < -0.3 is 10.5 Å². The number of aromatic nitrogens is 1. The van der Waals surface area contributed by atoms with Crippen LogP contribution in [0.4, 0.5) is 14.6 Å². The molecule has 1 rings (SSSR count). The van der Waals surface area contributed by atoms with Crippen molar-refractivity contribution in [3.8, 4) is 0 Å². The van der Waals surface area contributed by atoms with Crippen molar-refractivity contribution in [2.24, 2.45) is 0 Å². The Morgan fingerprint density at radius 1 is 1.65 bits per heavy atom. The van der Waals surface area contributed by atoms with Crippen molar-refractivity contribution in [1.29, 1.82) is 0 Å². The minimum atomic E-state index is -2.77. The summed E-state index contributed by atoms with van der Waals surface area (Å²) in [5.74, 6) is -0.697. The number of halogens is 3. The highest BCUT2D eigenvalue weighted by Gasteiger charge is 2.19. The van der Waals surface area contributed by atoms with Gasteiger partial charge in [-0.3, -0.25) is 4.79 Å². The Labute approximate surface area is 102 Å². The molecular weight excluding hydrogens is 254 g/mol. The van der Waals surface area contributed by atoms with Crippen molar-refractivity contribution in [2.75, 3.05) is 12.3 Å². The van der Waals surface area contributed by atoms with Crippen molar-refractivity contribution < 1.29 is 18.3 Å². The normalized spacial score (nSPS) is 10.6. The molecule has 0 saturated heterocycles. The molecule has 0 fully saturated rings. The molecule has 1 aromatic heterocycles. The predicted molar refractivity (Wildman–Crippen MR) is 59.0 cm³/mol. The van der Waals surface area contributed by atoms with Gasteiger partial charge in [-0.05, 0) is 13.0 Å². The van der Waals surface area contributed by atoms with Crippen LogP contribution in [0.25, 0.3) is 0 Å². The van der Waals surface area contributed by atoms with E-state index < -0.39 is 18.0 Å². The lowest BCUT2D eigenvalue weighted by Crippen LogP contribution is -2.11. The van der Waals surface area contributed by atoms with Gasteiger partial charge in [0.25, 0.3) is 6.43 Å². The number of esters is 1. The first kappa shape index (κ1) is 13.6. The molecule has 0 bridgehead atoms. The van der Waals surface area contributed by atoms with E-state index in [1.807, 2.05) is 0 Å². The smallest absolute Gasteiger partial charge is 0.311 e. The molecule has 0 saturated carbocycles. The van der Waals surface area contributed by atoms with Gasteiger partial charge in [-0.15, -0.1) is 0 Å². The molecular formula is C10H11ClF2N2O2. The maximum atomic E-state index is 12.6. The Balaban J connectivity index is 3.03. The van der Waals surface area contributed by atoms with E-state index in [1.165, 1.54) is 0 Å². The summed E-state index contributed by atoms with van der Waals surface area (Å²) in [6.45, 7) is 1.83. The Morgan fingerprint density at radius 2 is 2.29 bits per heavy atom. The Hall–Kier alpha value is -1.43. The molecule has 0 atom stereocenters. The van der Waals surface area contributed by atoms with Crippen LogP contribution < -0.4 is 5.73 Å². The maximum Gasteiger partial charge on any atom is 0.311 e. The molecule has 0 amide bonds. The molecule has 0 spiro atoms. The van der Waals surface area contributed by atoms with Gasteiger partial charge in [-0.1, -0.05) is 11.6 Å². The molecule has 2 N–H and O–H groups in total. The predicted octanol–water partition coefficient (Wildman–Crippen LogP) is 2.36. The summed E-state index contributed by atoms with van der Waals surface area (Å²) in [5.41, 5.74) is 4.93. The van der Waals surface area contributed by atoms with Crippen molar-refractivity contribution in [2.45, 2.75) is 19.8 Å². The summed E-state index contributed by atoms with van der Waals surface area (Å²) in [7, 11) is 0. The number of nitrogens with two attached hydrogens (primary N) is 1. The van der Waals surface area contributed by atoms with Crippen molar-refractivity contribution in [1.82, 2.24) is 4.98 Å². The van der Waals surface area contributed by atoms with E-state index in [-0.39, 0.29) is 29.6 Å². The molecule has 4 nitrogen and oxygen atoms in total. The van der Waals surface area contributed by atoms with E-state index in [4.69, 9.17) is 17.3 Å². The number of carbonyl (C=O) groups excluding carboxylic acids is 1. The van der Waals surface area contributed by atoms with Crippen molar-refractivity contribution in [3.05, 3.63) is 22.3 Å². The van der Waals surface area contributed by atoms with Crippen LogP contribution in [0, 0.1) is 0 Å². The first-order chi connectivity index (χ1) is 7.95. The Bertz CT molecular complexity index is 427. The van der Waals surface area contributed by atoms with Crippen molar-refractivity contribution >= 4 is 23.4 Å². The van der Waals surface area contributed by atoms with Gasteiger partial charge in [0.05, 0.1) is 23.7 Å². The van der Waals surface area contributed by atoms with E-state index >= 15 is 0 Å². The SMILES string of the molecule is CCOC(=O)Cc1nc(N)cc(C(F)F)c1Cl. The van der Waals surface area contributed by atoms with E-state index in [0.29, 0.717) is 0 Å². The molecule has 0 aliphatic heterocycles. The average Bonchev–Trinajstić information content (AvgIpc) is 2.22. The maximum absolute atomic E-state index is 12.6. The summed E-state index contributed by atoms with van der Waals surface area (Å²) in [6, 6.07) is 0.988. The monoisotopic (exact) mass is 264 g/mol. The van der Waals surface area contributed by atoms with Gasteiger partial charge >= 0.3 is 5.97 Å². The van der Waals surface area contributed by atoms with E-state index in [2.05, 4.69) is 9.72 Å². The second-order valence-corrected chi connectivity index (χ2v) is 3.56. The minimum Gasteiger partial charge on any atom is -0.466 e. The zero-order valence-electron chi connectivity index (χ0n) is 9.04. The molecule has 0 aliphatic carbocycles. The van der Waals surface area contributed by atoms with Crippen LogP contribution in [-0.4, -0.2) is 17.6 Å². The first-order valence-corrected chi connectivity index (χ1v) is 5.22. The number of nitrogen functional groups attached to an aromatic ring is 1. The zero-order valence-corrected chi connectivity index (χ0v) is 9.80. The Kier molecular flexibility index (Phi) is 4.62. The van der Waals surface area contributed by atoms with Crippen LogP contribution in [0.3, 0.4) is 0 Å². The summed E-state index contributed by atoms with van der Waals surface area (Å²) in [6.07, 6.45) is -3.05. The van der Waals surface area contributed by atoms with Crippen LogP contribution >= 0.6 is 11.6 Å². The van der Waals surface area contributed by atoms with Gasteiger partial charge in [0.2, 0.25) is 0 Å². The number of hydrogen-bond acceptors (Lipinski definition) is 4. The third kappa shape index (κ3) is 3.52. The number of anilines is 1. The lowest BCUT2D eigenvalue weighted by atomic mass is 10.2. The van der Waals surface area contributed by atoms with Gasteiger partial charge in [-0.25, -0.2) is 13.8 Å². The summed E-state index contributed by atoms with van der Waals surface area (Å²) < 4.78 is 29.9. The van der Waals surface area contributed by atoms with Crippen LogP contribution in [0.2, 0.25) is 5.02 Å². The van der Waals surface area contributed by atoms with Crippen molar-refractivity contribution in [3.63, 3.8) is 0 Å². The fourth-order valence-corrected chi connectivity index (χ4v) is 1.50. The average molecular weight is 265 g/mol. The fourth-order valence-electron chi connectivity index (χ4n) is 1.25. The van der Waals surface area contributed by atoms with E-state index in [9.17, 15) is 13.6 Å². The summed E-state index contributed by atoms with van der Waals surface area (Å²) in [5, 5.41) is -0.248. The third-order valence-electron chi connectivity index (χ3n) is 1.93. The number of nitrogens with zero attached hydrogens (tertiary/aromatic N) is 1. The fraction of sp³-hybridized carbons (Fsp3) is 0.400. The van der Waals surface area contributed by atoms with E-state index in [1.54, 1.807) is 6.92 Å². The quantitative estimate of drug-likeness (QED) is 0.848. The molecule has 0 aromatic carbocycles. The summed E-state index contributed by atoms with van der Waals surface area (Å²) >= 11 is 5.71. The molecule has 0 unspecified atom stereocenters. The van der Waals surface area contributed by atoms with Crippen LogP contribution in [0.15, 0.2) is 6.07 Å². The molecule has 0 aliphatic rings. The van der Waals surface area contributed by atoms with Gasteiger partial charge in [0.15, 0.2) is 0 Å². The van der Waals surface area contributed by atoms with Gasteiger partial charge in [0.1, 0.15) is 5.82 Å². The highest BCUT2D eigenvalue weighted by atomic mass is 35.5. The number of hydrogen-bond donors (Lipinski definition) is 1. The van der Waals surface area contributed by atoms with Crippen LogP contribution in [-0.2, 0) is 16.0 Å². The standard InChI is InChI=1S/C10H11ClF2N2O2/c1-2-17-8(16)4-6-9(11)5(10(12)13)3-7(14)15-6/h3,10H,2,4H2,1H3,(H2,14,15). The van der Waals surface area contributed by atoms with Gasteiger partial charge in [0, 0.05) is 5.56 Å². The molecule has 1 aromatic rings. The number of rotatable bonds is 4. The molecule has 0 radical (unpaired) electrons. The number of ether oxygens (including phenoxy) is 1. The topological polar surface area (TPSA) is 65.2 Å². The molecule has 1 heterocycles. The first-order valence-electron chi connectivity index (χ1n) is 4.84. The van der Waals surface area contributed by atoms with E-state index in [0.717, 1.165) is 6.07 Å². The van der Waals surface area contributed by atoms with Crippen LogP contribution in [0.5, 0.6) is 0 Å².